The lowest BCUT2D eigenvalue weighted by atomic mass is 9.75. The first-order valence-corrected chi connectivity index (χ1v) is 10.3. The third kappa shape index (κ3) is 2.72. The molecule has 0 aliphatic carbocycles. The van der Waals surface area contributed by atoms with Crippen molar-refractivity contribution in [2.45, 2.75) is 19.4 Å². The van der Waals surface area contributed by atoms with Crippen LogP contribution in [-0.2, 0) is 14.3 Å². The molecule has 0 amide bonds. The van der Waals surface area contributed by atoms with E-state index in [4.69, 9.17) is 23.9 Å². The number of methoxy groups -OCH3 is 3. The van der Waals surface area contributed by atoms with E-state index in [1.54, 1.807) is 20.5 Å². The van der Waals surface area contributed by atoms with Crippen LogP contribution in [0.2, 0.25) is 0 Å². The van der Waals surface area contributed by atoms with Crippen molar-refractivity contribution in [2.24, 2.45) is 11.8 Å². The Morgan fingerprint density at radius 1 is 1.20 bits per heavy atom. The van der Waals surface area contributed by atoms with Crippen molar-refractivity contribution < 1.29 is 28.6 Å². The van der Waals surface area contributed by atoms with Crippen LogP contribution >= 0.6 is 0 Å². The Labute approximate surface area is 174 Å². The number of ether oxygens (including phenoxy) is 4. The molecule has 5 rings (SSSR count). The molecule has 158 valence electrons. The van der Waals surface area contributed by atoms with Gasteiger partial charge in [-0.05, 0) is 35.7 Å². The topological polar surface area (TPSA) is 72.5 Å². The van der Waals surface area contributed by atoms with Gasteiger partial charge in [0.1, 0.15) is 12.6 Å². The highest BCUT2D eigenvalue weighted by atomic mass is 16.5. The number of piperidine rings is 1. The molecule has 0 bridgehead atoms. The second kappa shape index (κ2) is 7.09. The second-order valence-electron chi connectivity index (χ2n) is 8.17. The minimum absolute atomic E-state index is 0.0686. The molecule has 0 spiro atoms. The van der Waals surface area contributed by atoms with Crippen LogP contribution in [0.5, 0.6) is 11.5 Å². The predicted octanol–water partition coefficient (Wildman–Crippen LogP) is -0.287. The molecule has 4 unspecified atom stereocenters. The van der Waals surface area contributed by atoms with E-state index >= 15 is 0 Å². The first-order valence-electron chi connectivity index (χ1n) is 10.3. The SMILES string of the molecule is COC(=O)C1=COC(C)C2C[NH+]3CC=c4c([n-]c5cc(OC)c(OC)cc45)=C3CC12. The van der Waals surface area contributed by atoms with E-state index < -0.39 is 0 Å². The van der Waals surface area contributed by atoms with Crippen LogP contribution in [-0.4, -0.2) is 46.5 Å². The molecule has 4 atom stereocenters. The molecule has 2 aromatic rings. The average molecular weight is 410 g/mol. The molecule has 1 saturated heterocycles. The number of nitrogens with one attached hydrogen (secondary N) is 1. The summed E-state index contributed by atoms with van der Waals surface area (Å²) in [5, 5.41) is 3.23. The second-order valence-corrected chi connectivity index (χ2v) is 8.17. The standard InChI is InChI=1S/C23H25N2O5/c1-12-16-10-25-6-5-13-15-8-20(27-2)21(28-3)9-18(15)24-22(13)19(25)7-14(16)17(11-30-12)23(26)29-4/h5,8-9,11-12,14,16H,6-7,10H2,1-4H3/q-1/p+1. The van der Waals surface area contributed by atoms with Gasteiger partial charge in [0.25, 0.3) is 0 Å². The van der Waals surface area contributed by atoms with E-state index in [1.807, 2.05) is 12.1 Å². The Bertz CT molecular complexity index is 1180. The van der Waals surface area contributed by atoms with Crippen LogP contribution < -0.4 is 29.9 Å². The summed E-state index contributed by atoms with van der Waals surface area (Å²) in [6, 6.07) is 3.94. The van der Waals surface area contributed by atoms with Crippen LogP contribution in [0.4, 0.5) is 0 Å². The number of esters is 1. The van der Waals surface area contributed by atoms with Crippen molar-refractivity contribution in [3.05, 3.63) is 34.5 Å². The van der Waals surface area contributed by atoms with Crippen LogP contribution in [0.1, 0.15) is 13.3 Å². The summed E-state index contributed by atoms with van der Waals surface area (Å²) in [5.74, 6) is 1.41. The summed E-state index contributed by atoms with van der Waals surface area (Å²) in [7, 11) is 4.70. The minimum Gasteiger partial charge on any atom is -0.652 e. The van der Waals surface area contributed by atoms with Crippen LogP contribution in [0.3, 0.4) is 0 Å². The van der Waals surface area contributed by atoms with Gasteiger partial charge in [-0.25, -0.2) is 4.79 Å². The number of rotatable bonds is 3. The fourth-order valence-electron chi connectivity index (χ4n) is 5.20. The quantitative estimate of drug-likeness (QED) is 0.702. The molecule has 7 heteroatoms. The zero-order valence-corrected chi connectivity index (χ0v) is 17.7. The predicted molar refractivity (Wildman–Crippen MR) is 110 cm³/mol. The highest BCUT2D eigenvalue weighted by molar-refractivity contribution is 5.89. The number of hydrogen-bond donors (Lipinski definition) is 1. The normalized spacial score (nSPS) is 27.1. The van der Waals surface area contributed by atoms with Gasteiger partial charge in [0.2, 0.25) is 0 Å². The van der Waals surface area contributed by atoms with Crippen molar-refractivity contribution in [2.75, 3.05) is 34.4 Å². The van der Waals surface area contributed by atoms with Crippen molar-refractivity contribution in [1.82, 2.24) is 4.98 Å². The monoisotopic (exact) mass is 410 g/mol. The van der Waals surface area contributed by atoms with Gasteiger partial charge in [-0.1, -0.05) is 5.35 Å². The molecule has 30 heavy (non-hydrogen) atoms. The molecule has 3 aliphatic rings. The smallest absolute Gasteiger partial charge is 0.337 e. The third-order valence-electron chi connectivity index (χ3n) is 6.80. The Morgan fingerprint density at radius 2 is 1.97 bits per heavy atom. The number of nitrogens with zero attached hydrogens (tertiary/aromatic N) is 1. The summed E-state index contributed by atoms with van der Waals surface area (Å²) >= 11 is 0. The first-order chi connectivity index (χ1) is 14.5. The zero-order valence-electron chi connectivity index (χ0n) is 17.7. The summed E-state index contributed by atoms with van der Waals surface area (Å²) in [5.41, 5.74) is 2.78. The molecule has 1 fully saturated rings. The number of quaternary nitrogens is 1. The highest BCUT2D eigenvalue weighted by Gasteiger charge is 2.45. The minimum atomic E-state index is -0.307. The zero-order chi connectivity index (χ0) is 21.0. The molecular formula is C23H26N2O5. The van der Waals surface area contributed by atoms with Gasteiger partial charge in [-0.2, -0.15) is 0 Å². The first kappa shape index (κ1) is 19.1. The lowest BCUT2D eigenvalue weighted by Gasteiger charge is -2.43. The number of aromatic nitrogens is 1. The van der Waals surface area contributed by atoms with Crippen molar-refractivity contribution in [3.63, 3.8) is 0 Å². The van der Waals surface area contributed by atoms with Gasteiger partial charge in [-0.15, -0.1) is 5.52 Å². The van der Waals surface area contributed by atoms with Gasteiger partial charge < -0.3 is 28.8 Å². The van der Waals surface area contributed by atoms with Gasteiger partial charge in [0, 0.05) is 12.3 Å². The summed E-state index contributed by atoms with van der Waals surface area (Å²) in [4.78, 5) is 18.8. The van der Waals surface area contributed by atoms with E-state index in [-0.39, 0.29) is 23.9 Å². The molecule has 1 N–H and O–H groups in total. The maximum absolute atomic E-state index is 12.4. The fraction of sp³-hybridized carbons (Fsp3) is 0.435. The average Bonchev–Trinajstić information content (AvgIpc) is 3.14. The van der Waals surface area contributed by atoms with Crippen molar-refractivity contribution in [1.29, 1.82) is 0 Å². The Morgan fingerprint density at radius 3 is 2.70 bits per heavy atom. The maximum Gasteiger partial charge on any atom is 0.337 e. The number of fused-ring (bicyclic) bond motifs is 5. The van der Waals surface area contributed by atoms with E-state index in [0.717, 1.165) is 41.0 Å². The molecule has 3 aliphatic heterocycles. The van der Waals surface area contributed by atoms with Crippen LogP contribution in [0, 0.1) is 11.8 Å². The fourth-order valence-corrected chi connectivity index (χ4v) is 5.20. The number of hydrogen-bond acceptors (Lipinski definition) is 5. The number of benzene rings is 1. The lowest BCUT2D eigenvalue weighted by molar-refractivity contribution is -0.830. The number of carbonyl (C=O) groups excluding carboxylic acids is 1. The molecular weight excluding hydrogens is 384 g/mol. The van der Waals surface area contributed by atoms with Crippen LogP contribution in [0.15, 0.2) is 24.0 Å². The van der Waals surface area contributed by atoms with E-state index in [0.29, 0.717) is 17.1 Å². The molecule has 0 radical (unpaired) electrons. The third-order valence-corrected chi connectivity index (χ3v) is 6.80. The van der Waals surface area contributed by atoms with E-state index in [2.05, 4.69) is 13.0 Å². The van der Waals surface area contributed by atoms with Gasteiger partial charge in [-0.3, -0.25) is 0 Å². The molecule has 1 aromatic heterocycles. The summed E-state index contributed by atoms with van der Waals surface area (Å²) in [6.07, 6.45) is 4.71. The number of carbonyl (C=O) groups is 1. The van der Waals surface area contributed by atoms with Gasteiger partial charge >= 0.3 is 5.97 Å². The van der Waals surface area contributed by atoms with Gasteiger partial charge in [0.05, 0.1) is 51.3 Å². The maximum atomic E-state index is 12.4. The molecule has 0 saturated carbocycles. The Balaban J connectivity index is 1.67. The lowest BCUT2D eigenvalue weighted by Crippen LogP contribution is -3.13. The Kier molecular flexibility index (Phi) is 4.50. The van der Waals surface area contributed by atoms with E-state index in [9.17, 15) is 4.79 Å². The summed E-state index contributed by atoms with van der Waals surface area (Å²) < 4.78 is 21.8. The van der Waals surface area contributed by atoms with Gasteiger partial charge in [0.15, 0.2) is 11.5 Å². The molecule has 7 nitrogen and oxygen atoms in total. The largest absolute Gasteiger partial charge is 0.652 e. The van der Waals surface area contributed by atoms with Crippen molar-refractivity contribution in [3.8, 4) is 11.5 Å². The molecule has 1 aromatic carbocycles. The molecule has 4 heterocycles. The highest BCUT2D eigenvalue weighted by Crippen LogP contribution is 2.37. The van der Waals surface area contributed by atoms with Crippen molar-refractivity contribution >= 4 is 28.6 Å². The van der Waals surface area contributed by atoms with E-state index in [1.165, 1.54) is 17.7 Å². The van der Waals surface area contributed by atoms with Crippen LogP contribution in [0.25, 0.3) is 22.7 Å². The summed E-state index contributed by atoms with van der Waals surface area (Å²) in [6.45, 7) is 3.88. The Hall–Kier alpha value is -2.93.